The number of hydrogen-bond donors (Lipinski definition) is 0. The molecule has 0 saturated carbocycles. The van der Waals surface area contributed by atoms with Gasteiger partial charge in [-0.2, -0.15) is 0 Å². The van der Waals surface area contributed by atoms with Gasteiger partial charge >= 0.3 is 90.4 Å². The molecule has 39 valence electrons. The molecule has 0 unspecified atom stereocenters. The minimum atomic E-state index is -1.62. The molecule has 0 aliphatic heterocycles. The molecule has 0 aliphatic carbocycles. The monoisotopic (exact) mass is 333 g/mol. The van der Waals surface area contributed by atoms with Gasteiger partial charge in [0.15, 0.2) is 0 Å². The molecule has 0 bridgehead atoms. The Morgan fingerprint density at radius 3 is 1.17 bits per heavy atom. The van der Waals surface area contributed by atoms with Crippen molar-refractivity contribution in [1.82, 2.24) is 0 Å². The first-order valence-corrected chi connectivity index (χ1v) is 5.73. The van der Waals surface area contributed by atoms with Gasteiger partial charge in [0.25, 0.3) is 0 Å². The van der Waals surface area contributed by atoms with E-state index in [9.17, 15) is 0 Å². The molecule has 0 rings (SSSR count). The maximum Gasteiger partial charge on any atom is -1.00 e. The van der Waals surface area contributed by atoms with Crippen LogP contribution in [0.4, 0.5) is 0 Å². The van der Waals surface area contributed by atoms with Crippen molar-refractivity contribution in [2.75, 3.05) is 0 Å². The second-order valence-electron chi connectivity index (χ2n) is 0.175. The molecular weight excluding hydrogens is 331 g/mol. The molecule has 0 N–H and O–H groups in total. The van der Waals surface area contributed by atoms with E-state index < -0.39 is 11.4 Å². The van der Waals surface area contributed by atoms with Crippen LogP contribution in [0.3, 0.4) is 0 Å². The first-order valence-electron chi connectivity index (χ1n) is 0.463. The van der Waals surface area contributed by atoms with Gasteiger partial charge in [0, 0.05) is 0 Å². The van der Waals surface area contributed by atoms with E-state index in [1.54, 1.807) is 0 Å². The van der Waals surface area contributed by atoms with Crippen molar-refractivity contribution in [3.8, 4) is 0 Å². The smallest absolute Gasteiger partial charge is 1.00 e. The van der Waals surface area contributed by atoms with Crippen molar-refractivity contribution < 1.29 is 14.2 Å². The van der Waals surface area contributed by atoms with E-state index >= 15 is 0 Å². The van der Waals surface area contributed by atoms with Crippen molar-refractivity contribution in [1.29, 1.82) is 0 Å². The fourth-order valence-electron chi connectivity index (χ4n) is 0. The van der Waals surface area contributed by atoms with Crippen LogP contribution in [0.5, 0.6) is 0 Å². The second kappa shape index (κ2) is 11.1. The second-order valence-corrected chi connectivity index (χ2v) is 6.49. The van der Waals surface area contributed by atoms with Crippen LogP contribution in [0.2, 0.25) is 0 Å². The molecule has 0 heterocycles. The maximum atomic E-state index is 4.93. The van der Waals surface area contributed by atoms with Crippen LogP contribution in [-0.4, -0.2) is 48.9 Å². The Bertz CT molecular complexity index is 18.8. The molecule has 0 saturated heterocycles. The van der Waals surface area contributed by atoms with Crippen molar-refractivity contribution in [3.63, 3.8) is 0 Å². The minimum Gasteiger partial charge on any atom is -1.00 e. The van der Waals surface area contributed by atoms with Crippen molar-refractivity contribution in [3.05, 3.63) is 0 Å². The molecule has 0 spiro atoms. The van der Waals surface area contributed by atoms with E-state index in [1.807, 2.05) is 0 Å². The Morgan fingerprint density at radius 1 is 1.17 bits per heavy atom. The summed E-state index contributed by atoms with van der Waals surface area (Å²) in [6.07, 6.45) is 0. The molecule has 0 nitrogen and oxygen atoms in total. The van der Waals surface area contributed by atoms with Gasteiger partial charge in [0.05, 0.1) is 0 Å². The van der Waals surface area contributed by atoms with E-state index in [4.69, 9.17) is 30.1 Å². The minimum absolute atomic E-state index is 0. The molecule has 0 atom stereocenters. The Kier molecular flexibility index (Phi) is 29.9. The molecule has 6 heteroatoms. The van der Waals surface area contributed by atoms with Crippen molar-refractivity contribution in [2.45, 2.75) is 0 Å². The third-order valence-electron chi connectivity index (χ3n) is 0. The predicted octanol–water partition coefficient (Wildman–Crippen LogP) is 2.33. The van der Waals surface area contributed by atoms with Gasteiger partial charge in [-0.15, -0.1) is 12.4 Å². The maximum absolute atomic E-state index is 4.93. The summed E-state index contributed by atoms with van der Waals surface area (Å²) in [4.78, 5) is 0. The van der Waals surface area contributed by atoms with Crippen LogP contribution in [-0.2, 0) is 11.4 Å². The average Bonchev–Trinajstić information content (AvgIpc) is 0.811. The first kappa shape index (κ1) is 16.1. The summed E-state index contributed by atoms with van der Waals surface area (Å²) >= 11 is -1.62. The summed E-state index contributed by atoms with van der Waals surface area (Å²) in [5.74, 6) is 0. The van der Waals surface area contributed by atoms with E-state index in [-0.39, 0.29) is 64.1 Å². The summed E-state index contributed by atoms with van der Waals surface area (Å²) in [5, 5.41) is 0. The van der Waals surface area contributed by atoms with Crippen molar-refractivity contribution >= 4 is 91.4 Å². The third-order valence-corrected chi connectivity index (χ3v) is 0. The van der Waals surface area contributed by atoms with Gasteiger partial charge in [-0.05, 0) is 0 Å². The van der Waals surface area contributed by atoms with E-state index in [2.05, 4.69) is 0 Å². The normalized spacial score (nSPS) is 6.00. The van der Waals surface area contributed by atoms with Gasteiger partial charge in [-0.3, -0.25) is 0 Å². The zero-order valence-corrected chi connectivity index (χ0v) is 11.5. The summed E-state index contributed by atoms with van der Waals surface area (Å²) in [6, 6.07) is 0. The molecular formula is H3BaCl4Cr. The summed E-state index contributed by atoms with van der Waals surface area (Å²) in [7, 11) is 14.8. The van der Waals surface area contributed by atoms with E-state index in [1.165, 1.54) is 0 Å². The van der Waals surface area contributed by atoms with Crippen LogP contribution in [0.1, 0.15) is 2.85 Å². The average molecular weight is 334 g/mol. The molecule has 0 radical (unpaired) electrons. The van der Waals surface area contributed by atoms with Gasteiger partial charge in [-0.25, -0.2) is 0 Å². The van der Waals surface area contributed by atoms with Crippen molar-refractivity contribution in [2.24, 2.45) is 0 Å². The SMILES string of the molecule is Cl.[Ba+2].[Cl][Cr]([Cl])[Cl].[H-].[H-]. The van der Waals surface area contributed by atoms with Crippen LogP contribution >= 0.6 is 42.6 Å². The fraction of sp³-hybridized carbons (Fsp3) is 0. The zero-order valence-electron chi connectivity index (χ0n) is 4.66. The Morgan fingerprint density at radius 2 is 1.17 bits per heavy atom. The molecule has 0 aromatic rings. The summed E-state index contributed by atoms with van der Waals surface area (Å²) in [6.45, 7) is 0. The zero-order chi connectivity index (χ0) is 3.58. The van der Waals surface area contributed by atoms with Crippen LogP contribution < -0.4 is 0 Å². The molecule has 6 heavy (non-hydrogen) atoms. The molecule has 0 aliphatic rings. The standard InChI is InChI=1S/Ba.4ClH.Cr.2H/h;4*1H;;;/q+2;;;;;+3;2*-1/p-3. The first-order chi connectivity index (χ1) is 1.73. The Hall–Kier alpha value is 3.26. The quantitative estimate of drug-likeness (QED) is 0.597. The molecule has 0 aromatic heterocycles. The largest absolute Gasteiger partial charge is 1.00 e. The van der Waals surface area contributed by atoms with E-state index in [0.717, 1.165) is 0 Å². The summed E-state index contributed by atoms with van der Waals surface area (Å²) in [5.41, 5.74) is 0. The van der Waals surface area contributed by atoms with Crippen LogP contribution in [0, 0.1) is 0 Å². The topological polar surface area (TPSA) is 0 Å². The fourth-order valence-corrected chi connectivity index (χ4v) is 0. The van der Waals surface area contributed by atoms with Gasteiger partial charge in [0.1, 0.15) is 0 Å². The number of halogens is 4. The Labute approximate surface area is 103 Å². The Balaban J connectivity index is -0.00000000750. The molecule has 0 amide bonds. The number of rotatable bonds is 0. The van der Waals surface area contributed by atoms with E-state index in [0.29, 0.717) is 0 Å². The van der Waals surface area contributed by atoms with Gasteiger partial charge in [-0.1, -0.05) is 0 Å². The van der Waals surface area contributed by atoms with Gasteiger partial charge in [0.2, 0.25) is 0 Å². The molecule has 0 aromatic carbocycles. The molecule has 0 fully saturated rings. The van der Waals surface area contributed by atoms with Crippen LogP contribution in [0.25, 0.3) is 0 Å². The summed E-state index contributed by atoms with van der Waals surface area (Å²) < 4.78 is 0. The van der Waals surface area contributed by atoms with Gasteiger partial charge < -0.3 is 2.85 Å². The number of hydrogen-bond acceptors (Lipinski definition) is 0. The third kappa shape index (κ3) is 26.8. The van der Waals surface area contributed by atoms with Crippen LogP contribution in [0.15, 0.2) is 0 Å². The predicted molar refractivity (Wildman–Crippen MR) is 32.8 cm³/mol.